The van der Waals surface area contributed by atoms with Crippen LogP contribution in [0.3, 0.4) is 0 Å². The molecule has 0 saturated heterocycles. The maximum Gasteiger partial charge on any atom is 0.294 e. The van der Waals surface area contributed by atoms with E-state index in [0.29, 0.717) is 33.4 Å². The maximum absolute atomic E-state index is 12.0. The summed E-state index contributed by atoms with van der Waals surface area (Å²) in [7, 11) is -8.73. The Kier molecular flexibility index (Phi) is 7.95. The second-order valence-corrected chi connectivity index (χ2v) is 19.0. The van der Waals surface area contributed by atoms with Gasteiger partial charge >= 0.3 is 0 Å². The fraction of sp³-hybridized carbons (Fsp3) is 0.463. The molecule has 0 aliphatic heterocycles. The number of hydrogen-bond donors (Lipinski definition) is 2. The number of fused-ring (bicyclic) bond motifs is 7. The largest absolute Gasteiger partial charge is 0.294 e. The highest BCUT2D eigenvalue weighted by Crippen LogP contribution is 2.66. The summed E-state index contributed by atoms with van der Waals surface area (Å²) in [6.07, 6.45) is 15.5. The molecule has 8 heteroatoms. The molecule has 4 aromatic carbocycles. The first-order chi connectivity index (χ1) is 23.2. The number of allylic oxidation sites excluding steroid dienone is 1. The fourth-order valence-corrected chi connectivity index (χ4v) is 12.3. The molecule has 4 fully saturated rings. The van der Waals surface area contributed by atoms with Crippen molar-refractivity contribution in [3.05, 3.63) is 90.0 Å². The fourth-order valence-electron chi connectivity index (χ4n) is 11.3. The Morgan fingerprint density at radius 1 is 0.694 bits per heavy atom. The standard InChI is InChI=1S/C41H46O6S2/c1-40-19-5-10-38(40)36-14-11-29-22-26(17-21-41(29,2)39(36)18-20-40)23-37(34-8-3-6-27-24-30(48(42,43)44)12-15-32(27)34)35-9-4-7-28-25-31(49(45,46)47)13-16-33(28)35/h3-4,6-9,12-13,15-16,23-26,29,36,38-39H,5,10-11,14,17-22H2,1-2H3,(H,42,43,44)(H,45,46,47)/t26-,29-,36-,38-,39-,40-,41-/m0/s1. The van der Waals surface area contributed by atoms with Gasteiger partial charge in [0.15, 0.2) is 0 Å². The van der Waals surface area contributed by atoms with E-state index in [1.165, 1.54) is 75.6 Å². The minimum atomic E-state index is -4.37. The topological polar surface area (TPSA) is 109 Å². The third-order valence-corrected chi connectivity index (χ3v) is 15.5. The summed E-state index contributed by atoms with van der Waals surface area (Å²) in [5.74, 6) is 3.61. The molecular weight excluding hydrogens is 653 g/mol. The number of benzene rings is 4. The van der Waals surface area contributed by atoms with Crippen molar-refractivity contribution in [1.82, 2.24) is 0 Å². The van der Waals surface area contributed by atoms with Crippen molar-refractivity contribution in [2.24, 2.45) is 40.4 Å². The van der Waals surface area contributed by atoms with Gasteiger partial charge in [-0.2, -0.15) is 16.8 Å². The van der Waals surface area contributed by atoms with Gasteiger partial charge in [-0.3, -0.25) is 9.11 Å². The smallest absolute Gasteiger partial charge is 0.282 e. The lowest BCUT2D eigenvalue weighted by atomic mass is 9.44. The van der Waals surface area contributed by atoms with Crippen LogP contribution in [-0.4, -0.2) is 25.9 Å². The Labute approximate surface area is 290 Å². The molecular formula is C41H46O6S2. The van der Waals surface area contributed by atoms with Crippen molar-refractivity contribution in [3.8, 4) is 0 Å². The maximum atomic E-state index is 12.0. The van der Waals surface area contributed by atoms with Crippen LogP contribution in [0.2, 0.25) is 0 Å². The lowest BCUT2D eigenvalue weighted by molar-refractivity contribution is -0.108. The van der Waals surface area contributed by atoms with Crippen LogP contribution in [-0.2, 0) is 20.2 Å². The average molecular weight is 699 g/mol. The summed E-state index contributed by atoms with van der Waals surface area (Å²) in [4.78, 5) is -0.290. The van der Waals surface area contributed by atoms with Crippen LogP contribution in [0.25, 0.3) is 27.1 Å². The molecule has 4 saturated carbocycles. The zero-order valence-corrected chi connectivity index (χ0v) is 29.9. The van der Waals surface area contributed by atoms with E-state index in [9.17, 15) is 25.9 Å². The molecule has 49 heavy (non-hydrogen) atoms. The van der Waals surface area contributed by atoms with E-state index in [1.807, 2.05) is 24.3 Å². The lowest BCUT2D eigenvalue weighted by Crippen LogP contribution is -2.52. The van der Waals surface area contributed by atoms with E-state index >= 15 is 0 Å². The Morgan fingerprint density at radius 3 is 1.90 bits per heavy atom. The highest BCUT2D eigenvalue weighted by molar-refractivity contribution is 7.86. The molecule has 0 unspecified atom stereocenters. The third-order valence-electron chi connectivity index (χ3n) is 13.8. The molecule has 4 aliphatic carbocycles. The van der Waals surface area contributed by atoms with Crippen LogP contribution >= 0.6 is 0 Å². The van der Waals surface area contributed by atoms with E-state index in [1.54, 1.807) is 12.1 Å². The van der Waals surface area contributed by atoms with Gasteiger partial charge in [0.05, 0.1) is 9.79 Å². The zero-order valence-electron chi connectivity index (χ0n) is 28.3. The highest BCUT2D eigenvalue weighted by atomic mass is 32.2. The van der Waals surface area contributed by atoms with Crippen molar-refractivity contribution >= 4 is 47.4 Å². The molecule has 0 heterocycles. The molecule has 0 aromatic heterocycles. The third kappa shape index (κ3) is 5.67. The van der Waals surface area contributed by atoms with Crippen molar-refractivity contribution in [3.63, 3.8) is 0 Å². The van der Waals surface area contributed by atoms with Gasteiger partial charge in [-0.1, -0.05) is 74.9 Å². The summed E-state index contributed by atoms with van der Waals surface area (Å²) in [6, 6.07) is 21.1. The molecule has 2 N–H and O–H groups in total. The SMILES string of the molecule is C[C@@]12CCC[C@H]1[C@@H]1CC[C@H]3C[C@@H](C=C(c4cccc5cc(S(=O)(=O)O)ccc45)c4cccc5cc(S(=O)(=O)O)ccc45)CC[C@]3(C)[C@H]1CC2. The average Bonchev–Trinajstić information content (AvgIpc) is 3.47. The number of hydrogen-bond acceptors (Lipinski definition) is 4. The Bertz CT molecular complexity index is 2110. The van der Waals surface area contributed by atoms with Crippen LogP contribution in [0, 0.1) is 40.4 Å². The van der Waals surface area contributed by atoms with E-state index in [-0.39, 0.29) is 9.79 Å². The lowest BCUT2D eigenvalue weighted by Gasteiger charge is -2.60. The van der Waals surface area contributed by atoms with Crippen LogP contribution in [0.15, 0.2) is 88.7 Å². The van der Waals surface area contributed by atoms with E-state index in [0.717, 1.165) is 58.1 Å². The van der Waals surface area contributed by atoms with Gasteiger partial charge in [-0.25, -0.2) is 0 Å². The van der Waals surface area contributed by atoms with Crippen LogP contribution in [0.1, 0.15) is 89.2 Å². The van der Waals surface area contributed by atoms with E-state index in [2.05, 4.69) is 32.1 Å². The second-order valence-electron chi connectivity index (χ2n) is 16.2. The summed E-state index contributed by atoms with van der Waals surface area (Å²) < 4.78 is 67.6. The van der Waals surface area contributed by atoms with Gasteiger partial charge in [0.25, 0.3) is 20.2 Å². The molecule has 0 bridgehead atoms. The van der Waals surface area contributed by atoms with Crippen LogP contribution < -0.4 is 0 Å². The first-order valence-electron chi connectivity index (χ1n) is 18.0. The highest BCUT2D eigenvalue weighted by Gasteiger charge is 2.57. The first-order valence-corrected chi connectivity index (χ1v) is 20.9. The van der Waals surface area contributed by atoms with Crippen molar-refractivity contribution in [2.75, 3.05) is 0 Å². The van der Waals surface area contributed by atoms with Crippen molar-refractivity contribution < 1.29 is 25.9 Å². The molecule has 4 aromatic rings. The molecule has 8 rings (SSSR count). The molecule has 258 valence electrons. The van der Waals surface area contributed by atoms with Gasteiger partial charge < -0.3 is 0 Å². The van der Waals surface area contributed by atoms with Crippen molar-refractivity contribution in [2.45, 2.75) is 87.8 Å². The summed E-state index contributed by atoms with van der Waals surface area (Å²) in [6.45, 7) is 5.19. The molecule has 6 nitrogen and oxygen atoms in total. The predicted octanol–water partition coefficient (Wildman–Crippen LogP) is 9.97. The first kappa shape index (κ1) is 33.1. The van der Waals surface area contributed by atoms with E-state index in [4.69, 9.17) is 0 Å². The minimum absolute atomic E-state index is 0.145. The normalized spacial score (nSPS) is 31.6. The second kappa shape index (κ2) is 11.8. The summed E-state index contributed by atoms with van der Waals surface area (Å²) >= 11 is 0. The van der Waals surface area contributed by atoms with Gasteiger partial charge in [-0.05, 0) is 161 Å². The molecule has 4 aliphatic rings. The van der Waals surface area contributed by atoms with Crippen molar-refractivity contribution in [1.29, 1.82) is 0 Å². The quantitative estimate of drug-likeness (QED) is 0.201. The monoisotopic (exact) mass is 698 g/mol. The van der Waals surface area contributed by atoms with Gasteiger partial charge in [0, 0.05) is 0 Å². The summed E-state index contributed by atoms with van der Waals surface area (Å²) in [5.41, 5.74) is 3.86. The van der Waals surface area contributed by atoms with Gasteiger partial charge in [-0.15, -0.1) is 0 Å². The zero-order chi connectivity index (χ0) is 34.3. The van der Waals surface area contributed by atoms with Crippen LogP contribution in [0.4, 0.5) is 0 Å². The van der Waals surface area contributed by atoms with E-state index < -0.39 is 20.2 Å². The Hall–Kier alpha value is -3.04. The Morgan fingerprint density at radius 2 is 1.31 bits per heavy atom. The molecule has 0 radical (unpaired) electrons. The van der Waals surface area contributed by atoms with Crippen LogP contribution in [0.5, 0.6) is 0 Å². The predicted molar refractivity (Wildman–Crippen MR) is 194 cm³/mol. The number of rotatable bonds is 5. The minimum Gasteiger partial charge on any atom is -0.282 e. The van der Waals surface area contributed by atoms with Gasteiger partial charge in [0.2, 0.25) is 0 Å². The molecule has 0 amide bonds. The molecule has 7 atom stereocenters. The molecule has 0 spiro atoms. The summed E-state index contributed by atoms with van der Waals surface area (Å²) in [5, 5.41) is 3.16. The van der Waals surface area contributed by atoms with Gasteiger partial charge in [0.1, 0.15) is 0 Å². The Balaban J connectivity index is 1.21.